The van der Waals surface area contributed by atoms with Crippen LogP contribution in [0.25, 0.3) is 10.8 Å². The molecule has 0 saturated heterocycles. The average Bonchev–Trinajstić information content (AvgIpc) is 2.87. The van der Waals surface area contributed by atoms with Gasteiger partial charge in [-0.1, -0.05) is 30.3 Å². The fraction of sp³-hybridized carbons (Fsp3) is 0.227. The van der Waals surface area contributed by atoms with E-state index in [1.54, 1.807) is 7.11 Å². The third-order valence-electron chi connectivity index (χ3n) is 5.66. The molecule has 3 aromatic rings. The second-order valence-corrected chi connectivity index (χ2v) is 7.39. The lowest BCUT2D eigenvalue weighted by atomic mass is 9.78. The first-order valence-electron chi connectivity index (χ1n) is 8.77. The summed E-state index contributed by atoms with van der Waals surface area (Å²) >= 11 is 0. The van der Waals surface area contributed by atoms with Crippen molar-refractivity contribution in [3.63, 3.8) is 0 Å². The number of rotatable bonds is 1. The van der Waals surface area contributed by atoms with E-state index in [9.17, 15) is 0 Å². The predicted molar refractivity (Wildman–Crippen MR) is 105 cm³/mol. The van der Waals surface area contributed by atoms with Crippen LogP contribution in [0.3, 0.4) is 0 Å². The third-order valence-corrected chi connectivity index (χ3v) is 5.66. The van der Waals surface area contributed by atoms with Gasteiger partial charge in [0.15, 0.2) is 0 Å². The largest absolute Gasteiger partial charge is 0.497 e. The van der Waals surface area contributed by atoms with Crippen molar-refractivity contribution in [3.8, 4) is 11.5 Å². The van der Waals surface area contributed by atoms with Crippen LogP contribution in [0.15, 0.2) is 59.6 Å². The molecule has 2 aliphatic rings. The molecule has 0 fully saturated rings. The summed E-state index contributed by atoms with van der Waals surface area (Å²) in [4.78, 5) is 4.84. The first-order chi connectivity index (χ1) is 12.5. The zero-order valence-corrected chi connectivity index (χ0v) is 15.0. The Kier molecular flexibility index (Phi) is 2.94. The van der Waals surface area contributed by atoms with E-state index in [2.05, 4.69) is 43.4 Å². The first-order valence-corrected chi connectivity index (χ1v) is 8.77. The highest BCUT2D eigenvalue weighted by Crippen LogP contribution is 2.51. The molecule has 1 atom stereocenters. The molecule has 0 aromatic heterocycles. The van der Waals surface area contributed by atoms with Gasteiger partial charge in [-0.2, -0.15) is 0 Å². The molecule has 1 spiro atoms. The molecule has 3 aromatic carbocycles. The minimum atomic E-state index is -0.698. The van der Waals surface area contributed by atoms with Crippen molar-refractivity contribution in [1.82, 2.24) is 0 Å². The number of fused-ring (bicyclic) bond motifs is 4. The molecule has 4 heteroatoms. The molecule has 1 N–H and O–H groups in total. The average molecular weight is 344 g/mol. The van der Waals surface area contributed by atoms with Gasteiger partial charge in [0, 0.05) is 11.1 Å². The van der Waals surface area contributed by atoms with E-state index in [1.807, 2.05) is 36.5 Å². The highest BCUT2D eigenvalue weighted by atomic mass is 16.5. The molecule has 2 heterocycles. The number of nitrogens with one attached hydrogen (secondary N) is 1. The maximum Gasteiger partial charge on any atom is 0.226 e. The normalized spacial score (nSPS) is 21.8. The molecule has 26 heavy (non-hydrogen) atoms. The molecule has 0 amide bonds. The van der Waals surface area contributed by atoms with Crippen molar-refractivity contribution in [3.05, 3.63) is 60.2 Å². The number of ether oxygens (including phenoxy) is 2. The summed E-state index contributed by atoms with van der Waals surface area (Å²) in [7, 11) is 1.67. The van der Waals surface area contributed by atoms with Crippen LogP contribution in [-0.4, -0.2) is 19.0 Å². The molecule has 0 radical (unpaired) electrons. The van der Waals surface area contributed by atoms with Crippen molar-refractivity contribution in [2.24, 2.45) is 4.99 Å². The van der Waals surface area contributed by atoms with Crippen LogP contribution < -0.4 is 14.8 Å². The molecule has 0 saturated carbocycles. The van der Waals surface area contributed by atoms with Gasteiger partial charge in [-0.15, -0.1) is 0 Å². The van der Waals surface area contributed by atoms with E-state index in [-0.39, 0.29) is 5.41 Å². The highest BCUT2D eigenvalue weighted by molar-refractivity contribution is 6.00. The Morgan fingerprint density at radius 3 is 2.65 bits per heavy atom. The van der Waals surface area contributed by atoms with Gasteiger partial charge in [-0.05, 0) is 49.1 Å². The lowest BCUT2D eigenvalue weighted by Gasteiger charge is -2.40. The van der Waals surface area contributed by atoms with Crippen LogP contribution >= 0.6 is 0 Å². The summed E-state index contributed by atoms with van der Waals surface area (Å²) in [6, 6.07) is 18.4. The van der Waals surface area contributed by atoms with Crippen LogP contribution in [0.5, 0.6) is 11.5 Å². The lowest BCUT2D eigenvalue weighted by molar-refractivity contribution is 0.107. The van der Waals surface area contributed by atoms with Crippen molar-refractivity contribution in [2.45, 2.75) is 25.0 Å². The molecule has 4 nitrogen and oxygen atoms in total. The minimum Gasteiger partial charge on any atom is -0.497 e. The van der Waals surface area contributed by atoms with E-state index >= 15 is 0 Å². The Labute approximate surface area is 152 Å². The third kappa shape index (κ3) is 1.87. The van der Waals surface area contributed by atoms with Crippen LogP contribution in [-0.2, 0) is 5.41 Å². The zero-order chi connectivity index (χ0) is 17.9. The van der Waals surface area contributed by atoms with Gasteiger partial charge in [0.05, 0.1) is 18.7 Å². The fourth-order valence-electron chi connectivity index (χ4n) is 4.00. The number of hydrogen-bond acceptors (Lipinski definition) is 4. The standard InChI is InChI=1S/C22H20N2O2/c1-21(2)17-6-4-5-7-18(17)24-22(21)13-23-20-16-12-15(25-3)10-8-14(16)9-11-19(20)26-22/h4-13,24H,1-3H3. The van der Waals surface area contributed by atoms with Crippen molar-refractivity contribution >= 4 is 28.4 Å². The second-order valence-electron chi connectivity index (χ2n) is 7.39. The van der Waals surface area contributed by atoms with Crippen LogP contribution in [0.4, 0.5) is 11.4 Å². The van der Waals surface area contributed by atoms with Gasteiger partial charge in [-0.25, -0.2) is 0 Å². The summed E-state index contributed by atoms with van der Waals surface area (Å²) in [5, 5.41) is 5.70. The molecule has 0 aliphatic carbocycles. The van der Waals surface area contributed by atoms with E-state index in [0.717, 1.165) is 33.6 Å². The number of para-hydroxylation sites is 1. The van der Waals surface area contributed by atoms with E-state index < -0.39 is 5.72 Å². The van der Waals surface area contributed by atoms with E-state index in [0.29, 0.717) is 0 Å². The quantitative estimate of drug-likeness (QED) is 0.672. The van der Waals surface area contributed by atoms with Crippen LogP contribution in [0.2, 0.25) is 0 Å². The van der Waals surface area contributed by atoms with Gasteiger partial charge < -0.3 is 14.8 Å². The summed E-state index contributed by atoms with van der Waals surface area (Å²) in [6.07, 6.45) is 1.91. The predicted octanol–water partition coefficient (Wildman–Crippen LogP) is 5.04. The zero-order valence-electron chi connectivity index (χ0n) is 15.0. The Bertz CT molecular complexity index is 1070. The van der Waals surface area contributed by atoms with E-state index in [1.165, 1.54) is 5.56 Å². The summed E-state index contributed by atoms with van der Waals surface area (Å²) < 4.78 is 11.9. The number of aliphatic imine (C=N–C) groups is 1. The number of benzene rings is 3. The highest BCUT2D eigenvalue weighted by Gasteiger charge is 2.55. The molecule has 130 valence electrons. The molecule has 1 unspecified atom stereocenters. The Morgan fingerprint density at radius 1 is 1.04 bits per heavy atom. The Morgan fingerprint density at radius 2 is 1.85 bits per heavy atom. The number of hydrogen-bond donors (Lipinski definition) is 1. The second kappa shape index (κ2) is 5.01. The van der Waals surface area contributed by atoms with Crippen molar-refractivity contribution in [2.75, 3.05) is 12.4 Å². The number of nitrogens with zero attached hydrogens (tertiary/aromatic N) is 1. The van der Waals surface area contributed by atoms with Gasteiger partial charge in [0.25, 0.3) is 0 Å². The molecule has 0 bridgehead atoms. The smallest absolute Gasteiger partial charge is 0.226 e. The SMILES string of the molecule is COc1ccc2ccc3c(c2c1)N=CC1(Nc2ccccc2C1(C)C)O3. The van der Waals surface area contributed by atoms with Gasteiger partial charge in [0.1, 0.15) is 17.2 Å². The topological polar surface area (TPSA) is 42.8 Å². The Hall–Kier alpha value is -3.01. The minimum absolute atomic E-state index is 0.256. The number of anilines is 1. The summed E-state index contributed by atoms with van der Waals surface area (Å²) in [5.74, 6) is 1.59. The van der Waals surface area contributed by atoms with Crippen LogP contribution in [0.1, 0.15) is 19.4 Å². The van der Waals surface area contributed by atoms with E-state index in [4.69, 9.17) is 14.5 Å². The van der Waals surface area contributed by atoms with Crippen molar-refractivity contribution in [1.29, 1.82) is 0 Å². The molecular weight excluding hydrogens is 324 g/mol. The number of methoxy groups -OCH3 is 1. The molecule has 5 rings (SSSR count). The maximum atomic E-state index is 6.56. The lowest BCUT2D eigenvalue weighted by Crippen LogP contribution is -2.56. The fourth-order valence-corrected chi connectivity index (χ4v) is 4.00. The van der Waals surface area contributed by atoms with Crippen molar-refractivity contribution < 1.29 is 9.47 Å². The van der Waals surface area contributed by atoms with Gasteiger partial charge in [-0.3, -0.25) is 4.99 Å². The summed E-state index contributed by atoms with van der Waals surface area (Å²) in [6.45, 7) is 4.37. The van der Waals surface area contributed by atoms with Gasteiger partial charge >= 0.3 is 0 Å². The first kappa shape index (κ1) is 15.3. The molecule has 2 aliphatic heterocycles. The maximum absolute atomic E-state index is 6.56. The summed E-state index contributed by atoms with van der Waals surface area (Å²) in [5.41, 5.74) is 2.22. The van der Waals surface area contributed by atoms with Crippen LogP contribution in [0, 0.1) is 0 Å². The van der Waals surface area contributed by atoms with Gasteiger partial charge in [0.2, 0.25) is 5.72 Å². The Balaban J connectivity index is 1.66. The molecular formula is C22H20N2O2. The monoisotopic (exact) mass is 344 g/mol.